The number of carbonyl (C=O) groups is 10. The number of amides is 7. The summed E-state index contributed by atoms with van der Waals surface area (Å²) in [5.41, 5.74) is 11.3. The topological polar surface area (TPSA) is 422 Å². The van der Waals surface area contributed by atoms with E-state index >= 15 is 0 Å². The second kappa shape index (κ2) is 30.5. The van der Waals surface area contributed by atoms with E-state index in [-0.39, 0.29) is 38.1 Å². The summed E-state index contributed by atoms with van der Waals surface area (Å²) in [5.74, 6) is -18.2. The van der Waals surface area contributed by atoms with Crippen molar-refractivity contribution >= 4 is 65.2 Å². The van der Waals surface area contributed by atoms with Gasteiger partial charge < -0.3 is 78.8 Å². The number of hydrogen-bond donors (Lipinski definition) is 14. The van der Waals surface area contributed by atoms with E-state index in [1.807, 2.05) is 5.32 Å². The van der Waals surface area contributed by atoms with E-state index in [1.54, 1.807) is 39.9 Å². The number of rotatable bonds is 30. The second-order valence-corrected chi connectivity index (χ2v) is 17.5. The molecule has 0 aromatic heterocycles. The summed E-state index contributed by atoms with van der Waals surface area (Å²) in [6.45, 7) is 8.54. The third-order valence-electron chi connectivity index (χ3n) is 10.4. The molecule has 0 heterocycles. The third-order valence-corrected chi connectivity index (χ3v) is 10.4. The number of alkyl halides is 6. The summed E-state index contributed by atoms with van der Waals surface area (Å²) in [6, 6.07) is -12.7. The molecule has 0 rings (SSSR count). The molecule has 73 heavy (non-hydrogen) atoms. The zero-order valence-electron chi connectivity index (χ0n) is 41.1. The van der Waals surface area contributed by atoms with Crippen LogP contribution in [0.2, 0.25) is 0 Å². The normalized spacial score (nSPS) is 16.2. The van der Waals surface area contributed by atoms with Gasteiger partial charge in [0.25, 0.3) is 0 Å². The fourth-order valence-corrected chi connectivity index (χ4v) is 6.09. The Balaban J connectivity index is 6.52. The number of carbonyl (C=O) groups excluding carboxylic acids is 9. The maximum absolute atomic E-state index is 14.0. The standard InChI is InChI=1S/C41H67F6N11O15/c1-9-18(6)26(57-30(62)21(11-10-12-51-39(49)50)53-31(63)22(13-16(2)3)54-32(64)25(48)29(61)17(4)5)34(66)58-27(19(7)59)33(65)52-14-24(60)56-28(20(8)73-38(71)41(45,46)47)35(67)55-23(36(68)69)15-72-37(70)40(42,43)44/h16-23,25-29,59,61H,9-15,48H2,1-8H3,(H,52,65)(H,53,63)(H,54,64)(H,55,67)(H,56,60)(H,57,62)(H,58,66)(H,68,69)(H4,49,50,51)/t18-,19-,20+,21+,22-,23-,25-,26-,27-,28-,29+/m0/s1. The Kier molecular flexibility index (Phi) is 27.7. The number of hydrogen-bond acceptors (Lipinski definition) is 16. The smallest absolute Gasteiger partial charge is 0.480 e. The van der Waals surface area contributed by atoms with Crippen molar-refractivity contribution in [3.8, 4) is 0 Å². The van der Waals surface area contributed by atoms with E-state index in [4.69, 9.17) is 16.9 Å². The molecule has 0 unspecified atom stereocenters. The first-order valence-electron chi connectivity index (χ1n) is 22.5. The average molecular weight is 1070 g/mol. The van der Waals surface area contributed by atoms with Gasteiger partial charge in [-0.1, -0.05) is 48.0 Å². The minimum absolute atomic E-state index is 0.0398. The average Bonchev–Trinajstić information content (AvgIpc) is 3.27. The minimum Gasteiger partial charge on any atom is -0.480 e. The fourth-order valence-electron chi connectivity index (χ4n) is 6.09. The number of aliphatic hydroxyl groups is 2. The first-order chi connectivity index (χ1) is 33.5. The Morgan fingerprint density at radius 3 is 1.63 bits per heavy atom. The van der Waals surface area contributed by atoms with Crippen molar-refractivity contribution in [1.29, 1.82) is 5.41 Å². The number of nitrogens with two attached hydrogens (primary N) is 2. The molecule has 26 nitrogen and oxygen atoms in total. The van der Waals surface area contributed by atoms with Gasteiger partial charge in [-0.3, -0.25) is 39.0 Å². The highest BCUT2D eigenvalue weighted by Gasteiger charge is 2.45. The lowest BCUT2D eigenvalue weighted by molar-refractivity contribution is -0.205. The van der Waals surface area contributed by atoms with Gasteiger partial charge in [0.15, 0.2) is 12.0 Å². The number of aliphatic hydroxyl groups excluding tert-OH is 2. The summed E-state index contributed by atoms with van der Waals surface area (Å²) < 4.78 is 84.8. The highest BCUT2D eigenvalue weighted by atomic mass is 19.4. The highest BCUT2D eigenvalue weighted by Crippen LogP contribution is 2.19. The van der Waals surface area contributed by atoms with E-state index in [1.165, 1.54) is 12.2 Å². The number of nitrogens with one attached hydrogen (secondary N) is 9. The number of ether oxygens (including phenoxy) is 2. The molecule has 0 saturated heterocycles. The van der Waals surface area contributed by atoms with E-state index in [0.29, 0.717) is 6.92 Å². The molecule has 32 heteroatoms. The van der Waals surface area contributed by atoms with Crippen LogP contribution in [0.1, 0.15) is 81.1 Å². The van der Waals surface area contributed by atoms with Gasteiger partial charge in [0.2, 0.25) is 41.4 Å². The molecule has 0 bridgehead atoms. The number of esters is 2. The molecule has 418 valence electrons. The van der Waals surface area contributed by atoms with Crippen molar-refractivity contribution in [3.05, 3.63) is 0 Å². The summed E-state index contributed by atoms with van der Waals surface area (Å²) >= 11 is 0. The number of carboxylic acids is 1. The quantitative estimate of drug-likeness (QED) is 0.0111. The summed E-state index contributed by atoms with van der Waals surface area (Å²) in [6.07, 6.45) is -16.5. The molecular weight excluding hydrogens is 1000 g/mol. The van der Waals surface area contributed by atoms with E-state index < -0.39 is 163 Å². The Hall–Kier alpha value is -6.57. The molecule has 0 saturated carbocycles. The van der Waals surface area contributed by atoms with Crippen LogP contribution in [0, 0.1) is 23.2 Å². The molecule has 0 fully saturated rings. The summed E-state index contributed by atoms with van der Waals surface area (Å²) in [7, 11) is 0. The zero-order chi connectivity index (χ0) is 56.9. The SMILES string of the molecule is CC[C@H](C)[C@H](NC(=O)[C@@H](CCCNC(=N)N)NC(=O)[C@H](CC(C)C)NC(=O)[C@@H](N)[C@H](O)C(C)C)C(=O)N[C@H](C(=O)NCC(=O)N[C@H](C(=O)N[C@@H](COC(=O)C(F)(F)F)C(=O)O)[C@@H](C)OC(=O)C(F)(F)F)[C@H](C)O. The van der Waals surface area contributed by atoms with Crippen LogP contribution in [0.3, 0.4) is 0 Å². The van der Waals surface area contributed by atoms with Crippen LogP contribution < -0.4 is 54.0 Å². The van der Waals surface area contributed by atoms with Crippen LogP contribution in [0.15, 0.2) is 0 Å². The molecule has 0 radical (unpaired) electrons. The first kappa shape index (κ1) is 66.4. The molecule has 11 atom stereocenters. The van der Waals surface area contributed by atoms with E-state index in [9.17, 15) is 89.6 Å². The molecule has 16 N–H and O–H groups in total. The number of aliphatic carboxylic acids is 1. The maximum atomic E-state index is 14.0. The molecule has 0 spiro atoms. The zero-order valence-corrected chi connectivity index (χ0v) is 41.1. The lowest BCUT2D eigenvalue weighted by Gasteiger charge is -2.30. The number of carboxylic acid groups (broad SMARTS) is 1. The Bertz CT molecular complexity index is 1940. The van der Waals surface area contributed by atoms with Crippen LogP contribution >= 0.6 is 0 Å². The summed E-state index contributed by atoms with van der Waals surface area (Å²) in [5, 5.41) is 55.2. The maximum Gasteiger partial charge on any atom is 0.490 e. The van der Waals surface area contributed by atoms with Crippen molar-refractivity contribution in [2.45, 2.75) is 154 Å². The van der Waals surface area contributed by atoms with Gasteiger partial charge in [0, 0.05) is 6.54 Å². The number of guanidine groups is 1. The van der Waals surface area contributed by atoms with Crippen LogP contribution in [-0.2, 0) is 57.4 Å². The number of halogens is 6. The third kappa shape index (κ3) is 24.1. The second-order valence-electron chi connectivity index (χ2n) is 17.5. The molecule has 0 aliphatic heterocycles. The van der Waals surface area contributed by atoms with Crippen LogP contribution in [0.5, 0.6) is 0 Å². The van der Waals surface area contributed by atoms with Crippen LogP contribution in [0.4, 0.5) is 26.3 Å². The molecule has 0 aromatic rings. The van der Waals surface area contributed by atoms with E-state index in [2.05, 4.69) is 36.1 Å². The lowest BCUT2D eigenvalue weighted by atomic mass is 9.96. The Labute approximate surface area is 414 Å². The fraction of sp³-hybridized carbons (Fsp3) is 0.732. The van der Waals surface area contributed by atoms with Gasteiger partial charge in [-0.25, -0.2) is 14.4 Å². The van der Waals surface area contributed by atoms with Crippen molar-refractivity contribution < 1.29 is 99.1 Å². The van der Waals surface area contributed by atoms with Crippen molar-refractivity contribution in [1.82, 2.24) is 42.5 Å². The van der Waals surface area contributed by atoms with Gasteiger partial charge in [-0.2, -0.15) is 26.3 Å². The largest absolute Gasteiger partial charge is 0.490 e. The van der Waals surface area contributed by atoms with Gasteiger partial charge in [-0.05, 0) is 50.9 Å². The lowest BCUT2D eigenvalue weighted by Crippen LogP contribution is -2.62. The molecule has 0 aromatic carbocycles. The monoisotopic (exact) mass is 1070 g/mol. The van der Waals surface area contributed by atoms with E-state index in [0.717, 1.165) is 6.92 Å². The minimum atomic E-state index is -5.68. The van der Waals surface area contributed by atoms with Gasteiger partial charge in [0.1, 0.15) is 49.0 Å². The van der Waals surface area contributed by atoms with Gasteiger partial charge in [-0.15, -0.1) is 0 Å². The molecular formula is C41H67F6N11O15. The van der Waals surface area contributed by atoms with Gasteiger partial charge in [0.05, 0.1) is 18.8 Å². The predicted molar refractivity (Wildman–Crippen MR) is 239 cm³/mol. The van der Waals surface area contributed by atoms with Crippen LogP contribution in [-0.4, -0.2) is 173 Å². The Morgan fingerprint density at radius 1 is 0.644 bits per heavy atom. The first-order valence-corrected chi connectivity index (χ1v) is 22.5. The Morgan fingerprint density at radius 2 is 1.15 bits per heavy atom. The van der Waals surface area contributed by atoms with Crippen molar-refractivity contribution in [2.75, 3.05) is 19.7 Å². The van der Waals surface area contributed by atoms with Crippen molar-refractivity contribution in [3.63, 3.8) is 0 Å². The highest BCUT2D eigenvalue weighted by molar-refractivity contribution is 5.97. The molecule has 7 amide bonds. The van der Waals surface area contributed by atoms with Crippen molar-refractivity contribution in [2.24, 2.45) is 29.2 Å². The molecule has 0 aliphatic carbocycles. The molecule has 0 aliphatic rings. The van der Waals surface area contributed by atoms with Crippen LogP contribution in [0.25, 0.3) is 0 Å². The van der Waals surface area contributed by atoms with Gasteiger partial charge >= 0.3 is 30.3 Å². The summed E-state index contributed by atoms with van der Waals surface area (Å²) in [4.78, 5) is 128. The predicted octanol–water partition coefficient (Wildman–Crippen LogP) is -3.22.